The van der Waals surface area contributed by atoms with Gasteiger partial charge in [-0.2, -0.15) is 0 Å². The molecule has 0 aliphatic carbocycles. The third kappa shape index (κ3) is 4.42. The molecule has 0 aliphatic rings. The fourth-order valence-electron chi connectivity index (χ4n) is 1.21. The van der Waals surface area contributed by atoms with Gasteiger partial charge in [-0.3, -0.25) is 10.1 Å². The van der Waals surface area contributed by atoms with E-state index in [4.69, 9.17) is 5.11 Å². The number of nitrogens with zero attached hydrogens (tertiary/aromatic N) is 1. The summed E-state index contributed by atoms with van der Waals surface area (Å²) in [5.41, 5.74) is 0.417. The van der Waals surface area contributed by atoms with E-state index in [-0.39, 0.29) is 12.0 Å². The van der Waals surface area contributed by atoms with Crippen LogP contribution in [0, 0.1) is 15.9 Å². The normalized spacial score (nSPS) is 11.2. The first-order valence-electron chi connectivity index (χ1n) is 4.80. The van der Waals surface area contributed by atoms with Gasteiger partial charge >= 0.3 is 5.97 Å². The topological polar surface area (TPSA) is 80.4 Å². The Kier molecular flexibility index (Phi) is 4.33. The van der Waals surface area contributed by atoms with Crippen LogP contribution in [0.2, 0.25) is 0 Å². The first-order valence-corrected chi connectivity index (χ1v) is 4.80. The minimum Gasteiger partial charge on any atom is -0.478 e. The highest BCUT2D eigenvalue weighted by Gasteiger charge is 2.10. The number of aliphatic carboxylic acids is 1. The Balaban J connectivity index is 2.86. The zero-order valence-corrected chi connectivity index (χ0v) is 8.80. The first kappa shape index (κ1) is 12.8. The summed E-state index contributed by atoms with van der Waals surface area (Å²) in [4.78, 5) is 20.4. The molecule has 0 saturated heterocycles. The SMILES string of the molecule is O=C(O)/C(=C/c1ccc(F)cc1)CC[N+](=O)[O-]. The lowest BCUT2D eigenvalue weighted by Crippen LogP contribution is -2.07. The van der Waals surface area contributed by atoms with Gasteiger partial charge in [0.05, 0.1) is 0 Å². The van der Waals surface area contributed by atoms with Gasteiger partial charge in [-0.05, 0) is 23.8 Å². The predicted octanol–water partition coefficient (Wildman–Crippen LogP) is 1.96. The van der Waals surface area contributed by atoms with E-state index in [1.54, 1.807) is 0 Å². The molecule has 0 radical (unpaired) electrons. The molecule has 5 nitrogen and oxygen atoms in total. The van der Waals surface area contributed by atoms with Gasteiger partial charge in [0.2, 0.25) is 6.54 Å². The first-order chi connectivity index (χ1) is 7.99. The zero-order chi connectivity index (χ0) is 12.8. The molecule has 0 unspecified atom stereocenters. The van der Waals surface area contributed by atoms with Gasteiger partial charge in [-0.15, -0.1) is 0 Å². The van der Waals surface area contributed by atoms with Crippen molar-refractivity contribution in [3.63, 3.8) is 0 Å². The van der Waals surface area contributed by atoms with Gasteiger partial charge < -0.3 is 5.11 Å². The zero-order valence-electron chi connectivity index (χ0n) is 8.80. The Hall–Kier alpha value is -2.24. The van der Waals surface area contributed by atoms with Crippen molar-refractivity contribution in [3.8, 4) is 0 Å². The van der Waals surface area contributed by atoms with Crippen molar-refractivity contribution in [3.05, 3.63) is 51.3 Å². The largest absolute Gasteiger partial charge is 0.478 e. The molecule has 1 N–H and O–H groups in total. The van der Waals surface area contributed by atoms with Crippen molar-refractivity contribution in [1.29, 1.82) is 0 Å². The van der Waals surface area contributed by atoms with Crippen LogP contribution < -0.4 is 0 Å². The molecule has 0 saturated carbocycles. The van der Waals surface area contributed by atoms with E-state index in [0.29, 0.717) is 5.56 Å². The average Bonchev–Trinajstić information content (AvgIpc) is 2.26. The summed E-state index contributed by atoms with van der Waals surface area (Å²) in [6.45, 7) is -0.445. The second-order valence-corrected chi connectivity index (χ2v) is 3.33. The summed E-state index contributed by atoms with van der Waals surface area (Å²) >= 11 is 0. The van der Waals surface area contributed by atoms with Gasteiger partial charge in [-0.1, -0.05) is 12.1 Å². The monoisotopic (exact) mass is 239 g/mol. The van der Waals surface area contributed by atoms with Crippen molar-refractivity contribution in [2.75, 3.05) is 6.54 Å². The van der Waals surface area contributed by atoms with Gasteiger partial charge in [0.1, 0.15) is 5.82 Å². The quantitative estimate of drug-likeness (QED) is 0.484. The Morgan fingerprint density at radius 3 is 2.47 bits per heavy atom. The van der Waals surface area contributed by atoms with E-state index in [1.165, 1.54) is 30.3 Å². The van der Waals surface area contributed by atoms with Crippen LogP contribution in [-0.2, 0) is 4.79 Å². The van der Waals surface area contributed by atoms with Crippen molar-refractivity contribution >= 4 is 12.0 Å². The molecule has 0 amide bonds. The van der Waals surface area contributed by atoms with E-state index in [2.05, 4.69) is 0 Å². The summed E-state index contributed by atoms with van der Waals surface area (Å²) in [6.07, 6.45) is 1.13. The summed E-state index contributed by atoms with van der Waals surface area (Å²) in [6, 6.07) is 5.20. The van der Waals surface area contributed by atoms with Crippen LogP contribution in [0.3, 0.4) is 0 Å². The second kappa shape index (κ2) is 5.74. The van der Waals surface area contributed by atoms with Crippen LogP contribution in [0.4, 0.5) is 4.39 Å². The van der Waals surface area contributed by atoms with Crippen LogP contribution in [0.25, 0.3) is 6.08 Å². The number of hydrogen-bond acceptors (Lipinski definition) is 3. The van der Waals surface area contributed by atoms with Crippen LogP contribution in [0.5, 0.6) is 0 Å². The molecule has 1 aromatic rings. The molecule has 0 spiro atoms. The standard InChI is InChI=1S/C11H10FNO4/c12-10-3-1-8(2-4-10)7-9(11(14)15)5-6-13(16)17/h1-4,7H,5-6H2,(H,14,15)/b9-7+. The summed E-state index contributed by atoms with van der Waals surface area (Å²) in [7, 11) is 0. The Labute approximate surface area is 96.3 Å². The third-order valence-corrected chi connectivity index (χ3v) is 2.05. The minimum atomic E-state index is -1.21. The van der Waals surface area contributed by atoms with Crippen LogP contribution >= 0.6 is 0 Å². The van der Waals surface area contributed by atoms with E-state index in [0.717, 1.165) is 0 Å². The van der Waals surface area contributed by atoms with E-state index in [1.807, 2.05) is 0 Å². The maximum absolute atomic E-state index is 12.6. The summed E-state index contributed by atoms with van der Waals surface area (Å²) < 4.78 is 12.6. The molecule has 1 aromatic carbocycles. The Bertz CT molecular complexity index is 453. The fourth-order valence-corrected chi connectivity index (χ4v) is 1.21. The number of carboxylic acids is 1. The molecular formula is C11H10FNO4. The molecule has 1 rings (SSSR count). The number of benzene rings is 1. The lowest BCUT2D eigenvalue weighted by molar-refractivity contribution is -0.479. The molecule has 17 heavy (non-hydrogen) atoms. The molecule has 0 fully saturated rings. The van der Waals surface area contributed by atoms with Gasteiger partial charge in [-0.25, -0.2) is 9.18 Å². The van der Waals surface area contributed by atoms with Crippen molar-refractivity contribution < 1.29 is 19.2 Å². The highest BCUT2D eigenvalue weighted by atomic mass is 19.1. The fraction of sp³-hybridized carbons (Fsp3) is 0.182. The lowest BCUT2D eigenvalue weighted by atomic mass is 10.1. The van der Waals surface area contributed by atoms with Crippen LogP contribution in [0.1, 0.15) is 12.0 Å². The van der Waals surface area contributed by atoms with Gasteiger partial charge in [0.15, 0.2) is 0 Å². The third-order valence-electron chi connectivity index (χ3n) is 2.05. The highest BCUT2D eigenvalue weighted by Crippen LogP contribution is 2.11. The van der Waals surface area contributed by atoms with Crippen molar-refractivity contribution in [1.82, 2.24) is 0 Å². The Morgan fingerprint density at radius 1 is 1.41 bits per heavy atom. The van der Waals surface area contributed by atoms with E-state index in [9.17, 15) is 19.3 Å². The Morgan fingerprint density at radius 2 is 2.00 bits per heavy atom. The summed E-state index contributed by atoms with van der Waals surface area (Å²) in [5.74, 6) is -1.64. The van der Waals surface area contributed by atoms with E-state index >= 15 is 0 Å². The number of carbonyl (C=O) groups is 1. The van der Waals surface area contributed by atoms with Gasteiger partial charge in [0, 0.05) is 16.9 Å². The van der Waals surface area contributed by atoms with Gasteiger partial charge in [0.25, 0.3) is 0 Å². The number of rotatable bonds is 5. The molecule has 0 aromatic heterocycles. The van der Waals surface area contributed by atoms with E-state index < -0.39 is 23.3 Å². The van der Waals surface area contributed by atoms with Crippen LogP contribution in [0.15, 0.2) is 29.8 Å². The molecule has 0 heterocycles. The number of nitro groups is 1. The molecule has 0 atom stereocenters. The predicted molar refractivity (Wildman–Crippen MR) is 58.5 cm³/mol. The molecule has 90 valence electrons. The minimum absolute atomic E-state index is 0.0756. The highest BCUT2D eigenvalue weighted by molar-refractivity contribution is 5.92. The molecule has 0 aliphatic heterocycles. The number of halogens is 1. The van der Waals surface area contributed by atoms with Crippen LogP contribution in [-0.4, -0.2) is 22.5 Å². The molecule has 6 heteroatoms. The number of carboxylic acid groups (broad SMARTS) is 1. The molecule has 0 bridgehead atoms. The maximum Gasteiger partial charge on any atom is 0.331 e. The second-order valence-electron chi connectivity index (χ2n) is 3.33. The van der Waals surface area contributed by atoms with Crippen molar-refractivity contribution in [2.45, 2.75) is 6.42 Å². The maximum atomic E-state index is 12.6. The van der Waals surface area contributed by atoms with Crippen molar-refractivity contribution in [2.24, 2.45) is 0 Å². The average molecular weight is 239 g/mol. The summed E-state index contributed by atoms with van der Waals surface area (Å²) in [5, 5.41) is 19.0. The number of hydrogen-bond donors (Lipinski definition) is 1. The lowest BCUT2D eigenvalue weighted by Gasteiger charge is -1.99. The smallest absolute Gasteiger partial charge is 0.331 e. The molecular weight excluding hydrogens is 229 g/mol.